The van der Waals surface area contributed by atoms with E-state index >= 15 is 0 Å². The Balaban J connectivity index is 1.36. The van der Waals surface area contributed by atoms with Gasteiger partial charge in [0.2, 0.25) is 22.7 Å². The summed E-state index contributed by atoms with van der Waals surface area (Å²) in [5.41, 5.74) is 0.806. The van der Waals surface area contributed by atoms with E-state index in [4.69, 9.17) is 9.47 Å². The fraction of sp³-hybridized carbons (Fsp3) is 0.250. The smallest absolute Gasteiger partial charge is 0.246 e. The first-order valence-corrected chi connectivity index (χ1v) is 10.5. The first-order valence-electron chi connectivity index (χ1n) is 9.06. The number of halogens is 1. The van der Waals surface area contributed by atoms with Gasteiger partial charge < -0.3 is 14.4 Å². The van der Waals surface area contributed by atoms with E-state index in [9.17, 15) is 17.6 Å². The third-order valence-corrected chi connectivity index (χ3v) is 6.73. The van der Waals surface area contributed by atoms with Crippen LogP contribution in [-0.2, 0) is 14.8 Å². The van der Waals surface area contributed by atoms with Gasteiger partial charge in [-0.05, 0) is 48.0 Å². The summed E-state index contributed by atoms with van der Waals surface area (Å²) in [6, 6.07) is 10.1. The highest BCUT2D eigenvalue weighted by Crippen LogP contribution is 2.32. The SMILES string of the molecule is O=C(/C=C/c1ccc2c(c1)OCO2)N1CCN(S(=O)(=O)c2ccc(F)cc2)CC1. The molecule has 0 unspecified atom stereocenters. The normalized spacial score (nSPS) is 17.1. The number of sulfonamides is 1. The van der Waals surface area contributed by atoms with E-state index in [1.165, 1.54) is 22.5 Å². The topological polar surface area (TPSA) is 76.2 Å². The highest BCUT2D eigenvalue weighted by molar-refractivity contribution is 7.89. The standard InChI is InChI=1S/C20H19FN2O5S/c21-16-3-5-17(6-4-16)29(25,26)23-11-9-22(10-12-23)20(24)8-2-15-1-7-18-19(13-15)28-14-27-18/h1-8,13H,9-12,14H2/b8-2+. The fourth-order valence-corrected chi connectivity index (χ4v) is 4.62. The third-order valence-electron chi connectivity index (χ3n) is 4.82. The molecule has 2 aliphatic rings. The third kappa shape index (κ3) is 4.10. The molecular formula is C20H19FN2O5S. The number of amides is 1. The lowest BCUT2D eigenvalue weighted by Crippen LogP contribution is -2.50. The van der Waals surface area contributed by atoms with E-state index in [-0.39, 0.29) is 43.8 Å². The van der Waals surface area contributed by atoms with E-state index in [1.807, 2.05) is 6.07 Å². The van der Waals surface area contributed by atoms with Gasteiger partial charge in [-0.25, -0.2) is 12.8 Å². The molecule has 152 valence electrons. The average Bonchev–Trinajstić information content (AvgIpc) is 3.20. The number of benzene rings is 2. The van der Waals surface area contributed by atoms with Crippen LogP contribution in [0.2, 0.25) is 0 Å². The van der Waals surface area contributed by atoms with Crippen LogP contribution in [0.5, 0.6) is 11.5 Å². The zero-order valence-electron chi connectivity index (χ0n) is 15.5. The summed E-state index contributed by atoms with van der Waals surface area (Å²) in [4.78, 5) is 14.1. The fourth-order valence-electron chi connectivity index (χ4n) is 3.19. The minimum absolute atomic E-state index is 0.0429. The molecule has 0 saturated carbocycles. The van der Waals surface area contributed by atoms with E-state index < -0.39 is 15.8 Å². The minimum Gasteiger partial charge on any atom is -0.454 e. The van der Waals surface area contributed by atoms with Gasteiger partial charge in [0.05, 0.1) is 4.90 Å². The number of fused-ring (bicyclic) bond motifs is 1. The Morgan fingerprint density at radius 1 is 0.966 bits per heavy atom. The molecule has 0 spiro atoms. The summed E-state index contributed by atoms with van der Waals surface area (Å²) < 4.78 is 50.2. The monoisotopic (exact) mass is 418 g/mol. The maximum Gasteiger partial charge on any atom is 0.246 e. The summed E-state index contributed by atoms with van der Waals surface area (Å²) in [6.07, 6.45) is 3.15. The summed E-state index contributed by atoms with van der Waals surface area (Å²) in [5.74, 6) is 0.626. The van der Waals surface area contributed by atoms with Gasteiger partial charge in [-0.2, -0.15) is 4.31 Å². The molecule has 0 atom stereocenters. The lowest BCUT2D eigenvalue weighted by Gasteiger charge is -2.33. The van der Waals surface area contributed by atoms with Gasteiger partial charge in [-0.15, -0.1) is 0 Å². The van der Waals surface area contributed by atoms with Gasteiger partial charge in [0, 0.05) is 32.3 Å². The van der Waals surface area contributed by atoms with Crippen molar-refractivity contribution in [1.82, 2.24) is 9.21 Å². The van der Waals surface area contributed by atoms with Crippen LogP contribution in [0.15, 0.2) is 53.4 Å². The number of carbonyl (C=O) groups excluding carboxylic acids is 1. The number of nitrogens with zero attached hydrogens (tertiary/aromatic N) is 2. The van der Waals surface area contributed by atoms with Crippen molar-refractivity contribution in [2.45, 2.75) is 4.90 Å². The van der Waals surface area contributed by atoms with Crippen molar-refractivity contribution in [3.63, 3.8) is 0 Å². The minimum atomic E-state index is -3.70. The molecule has 1 amide bonds. The van der Waals surface area contributed by atoms with Crippen molar-refractivity contribution in [1.29, 1.82) is 0 Å². The lowest BCUT2D eigenvalue weighted by molar-refractivity contribution is -0.127. The number of carbonyl (C=O) groups is 1. The Labute approximate surface area is 168 Å². The molecule has 2 heterocycles. The Morgan fingerprint density at radius 3 is 2.38 bits per heavy atom. The van der Waals surface area contributed by atoms with Crippen molar-refractivity contribution < 1.29 is 27.1 Å². The van der Waals surface area contributed by atoms with E-state index in [2.05, 4.69) is 0 Å². The Kier molecular flexibility index (Phi) is 5.25. The number of ether oxygens (including phenoxy) is 2. The molecule has 2 aromatic rings. The molecule has 2 aliphatic heterocycles. The van der Waals surface area contributed by atoms with E-state index in [1.54, 1.807) is 23.1 Å². The summed E-state index contributed by atoms with van der Waals surface area (Å²) in [7, 11) is -3.70. The second-order valence-corrected chi connectivity index (χ2v) is 8.57. The molecular weight excluding hydrogens is 399 g/mol. The van der Waals surface area contributed by atoms with Crippen LogP contribution in [0.4, 0.5) is 4.39 Å². The van der Waals surface area contributed by atoms with Gasteiger partial charge in [0.1, 0.15) is 5.82 Å². The van der Waals surface area contributed by atoms with Crippen LogP contribution in [0.1, 0.15) is 5.56 Å². The van der Waals surface area contributed by atoms with Gasteiger partial charge in [-0.3, -0.25) is 4.79 Å². The van der Waals surface area contributed by atoms with E-state index in [0.717, 1.165) is 17.7 Å². The number of hydrogen-bond donors (Lipinski definition) is 0. The molecule has 0 aromatic heterocycles. The molecule has 29 heavy (non-hydrogen) atoms. The quantitative estimate of drug-likeness (QED) is 0.711. The molecule has 1 saturated heterocycles. The first kappa shape index (κ1) is 19.4. The summed E-state index contributed by atoms with van der Waals surface area (Å²) in [5, 5.41) is 0. The summed E-state index contributed by atoms with van der Waals surface area (Å²) in [6.45, 7) is 1.12. The molecule has 0 bridgehead atoms. The zero-order chi connectivity index (χ0) is 20.4. The van der Waals surface area contributed by atoms with Gasteiger partial charge in [0.15, 0.2) is 11.5 Å². The molecule has 2 aromatic carbocycles. The van der Waals surface area contributed by atoms with Crippen LogP contribution in [0.25, 0.3) is 6.08 Å². The second kappa shape index (κ2) is 7.84. The van der Waals surface area contributed by atoms with Crippen LogP contribution in [-0.4, -0.2) is 56.5 Å². The summed E-state index contributed by atoms with van der Waals surface area (Å²) >= 11 is 0. The lowest BCUT2D eigenvalue weighted by atomic mass is 10.2. The number of rotatable bonds is 4. The number of piperazine rings is 1. The van der Waals surface area contributed by atoms with E-state index in [0.29, 0.717) is 11.5 Å². The van der Waals surface area contributed by atoms with Crippen LogP contribution < -0.4 is 9.47 Å². The zero-order valence-corrected chi connectivity index (χ0v) is 16.3. The highest BCUT2D eigenvalue weighted by atomic mass is 32.2. The Morgan fingerprint density at radius 2 is 1.66 bits per heavy atom. The van der Waals surface area contributed by atoms with Crippen LogP contribution in [0.3, 0.4) is 0 Å². The molecule has 9 heteroatoms. The molecule has 4 rings (SSSR count). The van der Waals surface area contributed by atoms with Crippen molar-refractivity contribution in [3.8, 4) is 11.5 Å². The predicted octanol–water partition coefficient (Wildman–Crippen LogP) is 2.10. The maximum atomic E-state index is 13.0. The maximum absolute atomic E-state index is 13.0. The highest BCUT2D eigenvalue weighted by Gasteiger charge is 2.29. The average molecular weight is 418 g/mol. The number of hydrogen-bond acceptors (Lipinski definition) is 5. The van der Waals surface area contributed by atoms with Crippen molar-refractivity contribution in [2.75, 3.05) is 33.0 Å². The first-order chi connectivity index (χ1) is 13.9. The van der Waals surface area contributed by atoms with Gasteiger partial charge in [0.25, 0.3) is 0 Å². The Bertz CT molecular complexity index is 1050. The largest absolute Gasteiger partial charge is 0.454 e. The molecule has 0 N–H and O–H groups in total. The molecule has 1 fully saturated rings. The molecule has 0 radical (unpaired) electrons. The second-order valence-electron chi connectivity index (χ2n) is 6.63. The van der Waals surface area contributed by atoms with Crippen LogP contribution >= 0.6 is 0 Å². The van der Waals surface area contributed by atoms with Crippen molar-refractivity contribution >= 4 is 22.0 Å². The van der Waals surface area contributed by atoms with Gasteiger partial charge >= 0.3 is 0 Å². The van der Waals surface area contributed by atoms with Crippen LogP contribution in [0, 0.1) is 5.82 Å². The van der Waals surface area contributed by atoms with Crippen molar-refractivity contribution in [2.24, 2.45) is 0 Å². The molecule has 7 nitrogen and oxygen atoms in total. The predicted molar refractivity (Wildman–Crippen MR) is 103 cm³/mol. The van der Waals surface area contributed by atoms with Gasteiger partial charge in [-0.1, -0.05) is 6.07 Å². The molecule has 0 aliphatic carbocycles. The Hall–Kier alpha value is -2.91. The van der Waals surface area contributed by atoms with Crippen molar-refractivity contribution in [3.05, 3.63) is 59.9 Å².